The second kappa shape index (κ2) is 12.8. The van der Waals surface area contributed by atoms with Crippen molar-refractivity contribution in [1.29, 1.82) is 0 Å². The van der Waals surface area contributed by atoms with Crippen LogP contribution in [0.4, 0.5) is 5.69 Å². The Balaban J connectivity index is 2.12. The molecule has 178 valence electrons. The van der Waals surface area contributed by atoms with Crippen molar-refractivity contribution in [1.82, 2.24) is 10.2 Å². The van der Waals surface area contributed by atoms with Crippen LogP contribution in [0.5, 0.6) is 0 Å². The van der Waals surface area contributed by atoms with Gasteiger partial charge in [0.05, 0.1) is 10.7 Å². The summed E-state index contributed by atoms with van der Waals surface area (Å²) in [7, 11) is 0. The molecule has 0 aliphatic carbocycles. The smallest absolute Gasteiger partial charge is 0.269 e. The number of nitrogens with one attached hydrogen (secondary N) is 1. The summed E-state index contributed by atoms with van der Waals surface area (Å²) in [5, 5.41) is 14.6. The average molecular weight is 512 g/mol. The summed E-state index contributed by atoms with van der Waals surface area (Å²) in [5.41, 5.74) is 1.46. The van der Waals surface area contributed by atoms with Gasteiger partial charge in [-0.3, -0.25) is 19.7 Å². The number of non-ortho nitro benzene ring substituents is 1. The monoisotopic (exact) mass is 511 g/mol. The summed E-state index contributed by atoms with van der Waals surface area (Å²) >= 11 is 14.0. The molecular weight excluding hydrogens is 485 g/mol. The molecule has 2 aromatic carbocycles. The molecule has 0 fully saturated rings. The Morgan fingerprint density at radius 3 is 2.27 bits per heavy atom. The first-order chi connectivity index (χ1) is 15.6. The van der Waals surface area contributed by atoms with E-state index in [1.807, 2.05) is 13.8 Å². The lowest BCUT2D eigenvalue weighted by molar-refractivity contribution is -0.384. The topological polar surface area (TPSA) is 92.6 Å². The fourth-order valence-corrected chi connectivity index (χ4v) is 4.34. The lowest BCUT2D eigenvalue weighted by Crippen LogP contribution is -2.50. The molecule has 2 amide bonds. The van der Waals surface area contributed by atoms with Crippen LogP contribution in [0.3, 0.4) is 0 Å². The van der Waals surface area contributed by atoms with E-state index in [4.69, 9.17) is 23.2 Å². The van der Waals surface area contributed by atoms with E-state index in [9.17, 15) is 19.7 Å². The zero-order valence-electron chi connectivity index (χ0n) is 18.7. The number of hydrogen-bond donors (Lipinski definition) is 1. The zero-order valence-corrected chi connectivity index (χ0v) is 21.0. The van der Waals surface area contributed by atoms with Gasteiger partial charge in [-0.05, 0) is 38.0 Å². The highest BCUT2D eigenvalue weighted by molar-refractivity contribution is 7.99. The average Bonchev–Trinajstić information content (AvgIpc) is 2.78. The van der Waals surface area contributed by atoms with Gasteiger partial charge >= 0.3 is 0 Å². The number of rotatable bonds is 11. The number of halogens is 2. The Hall–Kier alpha value is -2.29. The largest absolute Gasteiger partial charge is 0.352 e. The van der Waals surface area contributed by atoms with Crippen molar-refractivity contribution in [2.24, 2.45) is 0 Å². The first-order valence-corrected chi connectivity index (χ1v) is 12.4. The third kappa shape index (κ3) is 7.91. The molecule has 10 heteroatoms. The van der Waals surface area contributed by atoms with E-state index in [2.05, 4.69) is 5.32 Å². The molecule has 1 N–H and O–H groups in total. The Morgan fingerprint density at radius 1 is 1.12 bits per heavy atom. The number of thioether (sulfide) groups is 1. The highest BCUT2D eigenvalue weighted by Crippen LogP contribution is 2.27. The van der Waals surface area contributed by atoms with E-state index in [0.29, 0.717) is 21.4 Å². The molecule has 0 bridgehead atoms. The van der Waals surface area contributed by atoms with Crippen molar-refractivity contribution in [3.05, 3.63) is 73.8 Å². The standard InChI is InChI=1S/C23H27Cl2N3O4S/c1-4-15(2)26-23(30)16(3)27(12-19-20(24)6-5-7-21(19)25)22(29)14-33-13-17-8-10-18(11-9-17)28(31)32/h5-11,15-16H,4,12-14H2,1-3H3,(H,26,30)/t15-,16-/m1/s1. The first-order valence-electron chi connectivity index (χ1n) is 10.5. The quantitative estimate of drug-likeness (QED) is 0.319. The van der Waals surface area contributed by atoms with Crippen LogP contribution in [-0.4, -0.2) is 39.5 Å². The summed E-state index contributed by atoms with van der Waals surface area (Å²) in [5.74, 6) is 0.142. The van der Waals surface area contributed by atoms with Gasteiger partial charge in [0.15, 0.2) is 0 Å². The zero-order chi connectivity index (χ0) is 24.5. The normalized spacial score (nSPS) is 12.6. The van der Waals surface area contributed by atoms with Gasteiger partial charge < -0.3 is 10.2 Å². The molecule has 0 radical (unpaired) electrons. The van der Waals surface area contributed by atoms with Gasteiger partial charge in [-0.1, -0.05) is 48.3 Å². The lowest BCUT2D eigenvalue weighted by atomic mass is 10.1. The van der Waals surface area contributed by atoms with Crippen LogP contribution in [-0.2, 0) is 21.9 Å². The third-order valence-corrected chi connectivity index (χ3v) is 6.90. The van der Waals surface area contributed by atoms with Crippen molar-refractivity contribution >= 4 is 52.5 Å². The summed E-state index contributed by atoms with van der Waals surface area (Å²) in [6.07, 6.45) is 0.772. The van der Waals surface area contributed by atoms with Crippen LogP contribution >= 0.6 is 35.0 Å². The van der Waals surface area contributed by atoms with Crippen LogP contribution in [0, 0.1) is 10.1 Å². The highest BCUT2D eigenvalue weighted by Gasteiger charge is 2.28. The van der Waals surface area contributed by atoms with Crippen molar-refractivity contribution in [3.8, 4) is 0 Å². The number of nitrogens with zero attached hydrogens (tertiary/aromatic N) is 2. The molecule has 0 aliphatic rings. The van der Waals surface area contributed by atoms with Crippen molar-refractivity contribution in [2.45, 2.75) is 51.6 Å². The maximum absolute atomic E-state index is 13.2. The summed E-state index contributed by atoms with van der Waals surface area (Å²) in [6, 6.07) is 10.6. The molecule has 2 aromatic rings. The molecule has 33 heavy (non-hydrogen) atoms. The van der Waals surface area contributed by atoms with Crippen LogP contribution < -0.4 is 5.32 Å². The van der Waals surface area contributed by atoms with Crippen LogP contribution in [0.25, 0.3) is 0 Å². The molecule has 0 aliphatic heterocycles. The molecule has 7 nitrogen and oxygen atoms in total. The van der Waals surface area contributed by atoms with Gasteiger partial charge in [-0.2, -0.15) is 0 Å². The van der Waals surface area contributed by atoms with E-state index < -0.39 is 11.0 Å². The van der Waals surface area contributed by atoms with Gasteiger partial charge in [0.2, 0.25) is 11.8 Å². The van der Waals surface area contributed by atoms with E-state index in [0.717, 1.165) is 12.0 Å². The molecule has 0 saturated heterocycles. The van der Waals surface area contributed by atoms with Crippen LogP contribution in [0.15, 0.2) is 42.5 Å². The second-order valence-corrected chi connectivity index (χ2v) is 9.43. The molecule has 0 saturated carbocycles. The second-order valence-electron chi connectivity index (χ2n) is 7.63. The summed E-state index contributed by atoms with van der Waals surface area (Å²) in [4.78, 5) is 37.7. The van der Waals surface area contributed by atoms with Crippen LogP contribution in [0.1, 0.15) is 38.3 Å². The maximum atomic E-state index is 13.2. The number of nitro groups is 1. The van der Waals surface area contributed by atoms with Crippen molar-refractivity contribution in [2.75, 3.05) is 5.75 Å². The van der Waals surface area contributed by atoms with Gasteiger partial charge in [0, 0.05) is 46.1 Å². The van der Waals surface area contributed by atoms with Gasteiger partial charge in [-0.15, -0.1) is 11.8 Å². The molecule has 0 heterocycles. The Morgan fingerprint density at radius 2 is 1.73 bits per heavy atom. The third-order valence-electron chi connectivity index (χ3n) is 5.20. The Kier molecular flexibility index (Phi) is 10.5. The Bertz CT molecular complexity index is 968. The minimum Gasteiger partial charge on any atom is -0.352 e. The number of hydrogen-bond acceptors (Lipinski definition) is 5. The summed E-state index contributed by atoms with van der Waals surface area (Å²) < 4.78 is 0. The number of carbonyl (C=O) groups excluding carboxylic acids is 2. The fourth-order valence-electron chi connectivity index (χ4n) is 2.95. The minimum atomic E-state index is -0.723. The molecule has 2 rings (SSSR count). The predicted molar refractivity (Wildman–Crippen MR) is 134 cm³/mol. The minimum absolute atomic E-state index is 0.0164. The number of nitro benzene ring substituents is 1. The fraction of sp³-hybridized carbons (Fsp3) is 0.391. The van der Waals surface area contributed by atoms with E-state index in [1.165, 1.54) is 28.8 Å². The van der Waals surface area contributed by atoms with Crippen molar-refractivity contribution in [3.63, 3.8) is 0 Å². The van der Waals surface area contributed by atoms with Crippen LogP contribution in [0.2, 0.25) is 10.0 Å². The maximum Gasteiger partial charge on any atom is 0.269 e. The summed E-state index contributed by atoms with van der Waals surface area (Å²) in [6.45, 7) is 5.66. The van der Waals surface area contributed by atoms with E-state index >= 15 is 0 Å². The molecule has 0 unspecified atom stereocenters. The van der Waals surface area contributed by atoms with Crippen molar-refractivity contribution < 1.29 is 14.5 Å². The molecular formula is C23H27Cl2N3O4S. The van der Waals surface area contributed by atoms with E-state index in [-0.39, 0.29) is 35.8 Å². The van der Waals surface area contributed by atoms with Gasteiger partial charge in [0.25, 0.3) is 5.69 Å². The molecule has 0 aromatic heterocycles. The van der Waals surface area contributed by atoms with Gasteiger partial charge in [-0.25, -0.2) is 0 Å². The number of amides is 2. The molecule has 0 spiro atoms. The SMILES string of the molecule is CC[C@@H](C)NC(=O)[C@@H](C)N(Cc1c(Cl)cccc1Cl)C(=O)CSCc1ccc([N+](=O)[O-])cc1. The van der Waals surface area contributed by atoms with Gasteiger partial charge in [0.1, 0.15) is 6.04 Å². The highest BCUT2D eigenvalue weighted by atomic mass is 35.5. The van der Waals surface area contributed by atoms with E-state index in [1.54, 1.807) is 37.3 Å². The predicted octanol–water partition coefficient (Wildman–Crippen LogP) is 5.47. The number of carbonyl (C=O) groups is 2. The molecule has 2 atom stereocenters. The number of benzene rings is 2. The first kappa shape index (κ1) is 27.0. The Labute approximate surface area is 208 Å². The lowest BCUT2D eigenvalue weighted by Gasteiger charge is -2.30.